The number of nitrogens with zero attached hydrogens (tertiary/aromatic N) is 2. The Morgan fingerprint density at radius 1 is 1.16 bits per heavy atom. The molecule has 0 aliphatic carbocycles. The number of halogens is 2. The fraction of sp³-hybridized carbons (Fsp3) is 0.286. The van der Waals surface area contributed by atoms with Crippen molar-refractivity contribution in [3.05, 3.63) is 56.6 Å². The number of amides is 1. The minimum Gasteiger partial charge on any atom is -0.493 e. The summed E-state index contributed by atoms with van der Waals surface area (Å²) in [5.74, 6) is 1.09. The zero-order valence-electron chi connectivity index (χ0n) is 17.3. The number of likely N-dealkylation sites (N-methyl/N-ethyl adjacent to an activating group) is 1. The minimum atomic E-state index is -0.299. The van der Waals surface area contributed by atoms with Gasteiger partial charge in [-0.25, -0.2) is 4.98 Å². The Morgan fingerprint density at radius 3 is 2.55 bits per heavy atom. The molecule has 2 aromatic carbocycles. The fourth-order valence-electron chi connectivity index (χ4n) is 3.07. The molecule has 0 saturated carbocycles. The SMILES string of the molecule is CCN(CC(=O)Nc1cc(Cl)ccc1Cl)Cc1nc2cc(OC)c(OC)cc2c(=O)[nH]1. The standard InChI is InChI=1S/C21H22Cl2N4O4/c1-4-27(11-20(28)25-16-7-12(22)5-6-14(16)23)10-19-24-15-9-18(31-3)17(30-2)8-13(15)21(29)26-19/h5-9H,4,10-11H2,1-3H3,(H,25,28)(H,24,26,29). The number of anilines is 1. The van der Waals surface area contributed by atoms with E-state index in [1.807, 2.05) is 11.8 Å². The molecule has 10 heteroatoms. The Bertz CT molecular complexity index is 1170. The number of carbonyl (C=O) groups excluding carboxylic acids is 1. The van der Waals surface area contributed by atoms with Gasteiger partial charge >= 0.3 is 0 Å². The van der Waals surface area contributed by atoms with Crippen LogP contribution in [0.2, 0.25) is 10.0 Å². The second kappa shape index (κ2) is 10.00. The molecule has 3 aromatic rings. The van der Waals surface area contributed by atoms with Crippen LogP contribution in [0, 0.1) is 0 Å². The average Bonchev–Trinajstić information content (AvgIpc) is 2.74. The highest BCUT2D eigenvalue weighted by Gasteiger charge is 2.15. The molecule has 0 aliphatic rings. The molecule has 0 atom stereocenters. The van der Waals surface area contributed by atoms with Gasteiger partial charge in [-0.2, -0.15) is 0 Å². The van der Waals surface area contributed by atoms with Crippen LogP contribution in [0.15, 0.2) is 35.1 Å². The lowest BCUT2D eigenvalue weighted by molar-refractivity contribution is -0.117. The maximum atomic E-state index is 12.6. The number of nitrogens with one attached hydrogen (secondary N) is 2. The highest BCUT2D eigenvalue weighted by molar-refractivity contribution is 6.35. The van der Waals surface area contributed by atoms with Gasteiger partial charge in [0.05, 0.1) is 48.9 Å². The van der Waals surface area contributed by atoms with E-state index in [1.165, 1.54) is 14.2 Å². The van der Waals surface area contributed by atoms with Gasteiger partial charge in [-0.15, -0.1) is 0 Å². The lowest BCUT2D eigenvalue weighted by Gasteiger charge is -2.19. The molecule has 2 N–H and O–H groups in total. The first-order valence-corrected chi connectivity index (χ1v) is 10.2. The molecular weight excluding hydrogens is 443 g/mol. The highest BCUT2D eigenvalue weighted by atomic mass is 35.5. The Kier molecular flexibility index (Phi) is 7.37. The van der Waals surface area contributed by atoms with Crippen molar-refractivity contribution in [1.29, 1.82) is 0 Å². The predicted octanol–water partition coefficient (Wildman–Crippen LogP) is 3.71. The van der Waals surface area contributed by atoms with E-state index in [0.717, 1.165) is 0 Å². The van der Waals surface area contributed by atoms with E-state index in [0.29, 0.717) is 50.5 Å². The lowest BCUT2D eigenvalue weighted by Crippen LogP contribution is -2.34. The third-order valence-electron chi connectivity index (χ3n) is 4.65. The van der Waals surface area contributed by atoms with Gasteiger partial charge in [0.2, 0.25) is 5.91 Å². The van der Waals surface area contributed by atoms with Gasteiger partial charge in [-0.1, -0.05) is 30.1 Å². The summed E-state index contributed by atoms with van der Waals surface area (Å²) in [6, 6.07) is 8.08. The topological polar surface area (TPSA) is 96.6 Å². The molecule has 0 bridgehead atoms. The van der Waals surface area contributed by atoms with E-state index in [9.17, 15) is 9.59 Å². The van der Waals surface area contributed by atoms with E-state index in [-0.39, 0.29) is 24.6 Å². The van der Waals surface area contributed by atoms with Gasteiger partial charge in [-0.05, 0) is 30.8 Å². The minimum absolute atomic E-state index is 0.0764. The smallest absolute Gasteiger partial charge is 0.258 e. The van der Waals surface area contributed by atoms with Crippen LogP contribution in [0.4, 0.5) is 5.69 Å². The molecule has 8 nitrogen and oxygen atoms in total. The van der Waals surface area contributed by atoms with Crippen molar-refractivity contribution >= 4 is 45.7 Å². The van der Waals surface area contributed by atoms with E-state index in [2.05, 4.69) is 15.3 Å². The van der Waals surface area contributed by atoms with Gasteiger partial charge < -0.3 is 19.8 Å². The van der Waals surface area contributed by atoms with E-state index in [1.54, 1.807) is 30.3 Å². The summed E-state index contributed by atoms with van der Waals surface area (Å²) in [5.41, 5.74) is 0.614. The number of benzene rings is 2. The van der Waals surface area contributed by atoms with Crippen molar-refractivity contribution in [2.75, 3.05) is 32.6 Å². The quantitative estimate of drug-likeness (QED) is 0.527. The Hall–Kier alpha value is -2.81. The van der Waals surface area contributed by atoms with E-state index >= 15 is 0 Å². The van der Waals surface area contributed by atoms with Crippen LogP contribution < -0.4 is 20.3 Å². The molecule has 1 amide bonds. The number of aromatic amines is 1. The second-order valence-corrected chi connectivity index (χ2v) is 7.56. The number of ether oxygens (including phenoxy) is 2. The summed E-state index contributed by atoms with van der Waals surface area (Å²) < 4.78 is 10.5. The average molecular weight is 465 g/mol. The van der Waals surface area contributed by atoms with Crippen LogP contribution in [-0.4, -0.2) is 48.1 Å². The maximum absolute atomic E-state index is 12.6. The molecule has 0 radical (unpaired) electrons. The van der Waals surface area contributed by atoms with Crippen LogP contribution in [0.5, 0.6) is 11.5 Å². The monoisotopic (exact) mass is 464 g/mol. The zero-order chi connectivity index (χ0) is 22.5. The first kappa shape index (κ1) is 22.9. The number of methoxy groups -OCH3 is 2. The molecule has 1 heterocycles. The van der Waals surface area contributed by atoms with Gasteiger partial charge in [0.25, 0.3) is 5.56 Å². The molecule has 164 valence electrons. The van der Waals surface area contributed by atoms with Gasteiger partial charge in [0, 0.05) is 11.1 Å². The first-order chi connectivity index (χ1) is 14.8. The molecule has 0 spiro atoms. The third kappa shape index (κ3) is 5.46. The molecular formula is C21H22Cl2N4O4. The van der Waals surface area contributed by atoms with Crippen LogP contribution >= 0.6 is 23.2 Å². The van der Waals surface area contributed by atoms with Crippen molar-refractivity contribution in [3.8, 4) is 11.5 Å². The first-order valence-electron chi connectivity index (χ1n) is 9.46. The summed E-state index contributed by atoms with van der Waals surface area (Å²) in [6.45, 7) is 2.82. The number of rotatable bonds is 8. The highest BCUT2D eigenvalue weighted by Crippen LogP contribution is 2.30. The van der Waals surface area contributed by atoms with Crippen molar-refractivity contribution in [2.45, 2.75) is 13.5 Å². The molecule has 0 saturated heterocycles. The maximum Gasteiger partial charge on any atom is 0.258 e. The lowest BCUT2D eigenvalue weighted by atomic mass is 10.2. The number of carbonyl (C=O) groups is 1. The fourth-order valence-corrected chi connectivity index (χ4v) is 3.40. The van der Waals surface area contributed by atoms with Crippen LogP contribution in [-0.2, 0) is 11.3 Å². The number of fused-ring (bicyclic) bond motifs is 1. The van der Waals surface area contributed by atoms with E-state index < -0.39 is 0 Å². The number of hydrogen-bond donors (Lipinski definition) is 2. The van der Waals surface area contributed by atoms with Crippen LogP contribution in [0.25, 0.3) is 10.9 Å². The number of hydrogen-bond acceptors (Lipinski definition) is 6. The molecule has 31 heavy (non-hydrogen) atoms. The summed E-state index contributed by atoms with van der Waals surface area (Å²) >= 11 is 12.1. The zero-order valence-corrected chi connectivity index (χ0v) is 18.8. The summed E-state index contributed by atoms with van der Waals surface area (Å²) in [6.07, 6.45) is 0. The van der Waals surface area contributed by atoms with Gasteiger partial charge in [0.1, 0.15) is 5.82 Å². The Morgan fingerprint density at radius 2 is 1.87 bits per heavy atom. The second-order valence-electron chi connectivity index (χ2n) is 6.71. The molecule has 3 rings (SSSR count). The Labute approximate surface area is 189 Å². The van der Waals surface area contributed by atoms with Crippen molar-refractivity contribution in [2.24, 2.45) is 0 Å². The van der Waals surface area contributed by atoms with Crippen molar-refractivity contribution in [1.82, 2.24) is 14.9 Å². The molecule has 1 aromatic heterocycles. The summed E-state index contributed by atoms with van der Waals surface area (Å²) in [5, 5.41) is 4.00. The van der Waals surface area contributed by atoms with Crippen LogP contribution in [0.1, 0.15) is 12.7 Å². The summed E-state index contributed by atoms with van der Waals surface area (Å²) in [7, 11) is 3.02. The van der Waals surface area contributed by atoms with Gasteiger partial charge in [0.15, 0.2) is 11.5 Å². The van der Waals surface area contributed by atoms with Crippen molar-refractivity contribution < 1.29 is 14.3 Å². The molecule has 0 fully saturated rings. The Balaban J connectivity index is 1.78. The van der Waals surface area contributed by atoms with E-state index in [4.69, 9.17) is 32.7 Å². The third-order valence-corrected chi connectivity index (χ3v) is 5.21. The number of aromatic nitrogens is 2. The molecule has 0 aliphatic heterocycles. The summed E-state index contributed by atoms with van der Waals surface area (Å²) in [4.78, 5) is 34.2. The number of H-pyrrole nitrogens is 1. The van der Waals surface area contributed by atoms with Gasteiger partial charge in [-0.3, -0.25) is 14.5 Å². The van der Waals surface area contributed by atoms with Crippen molar-refractivity contribution in [3.63, 3.8) is 0 Å². The largest absolute Gasteiger partial charge is 0.493 e. The normalized spacial score (nSPS) is 11.0. The van der Waals surface area contributed by atoms with Crippen LogP contribution in [0.3, 0.4) is 0 Å². The predicted molar refractivity (Wildman–Crippen MR) is 122 cm³/mol. The molecule has 0 unspecified atom stereocenters.